The molecule has 1 aliphatic carbocycles. The van der Waals surface area contributed by atoms with Gasteiger partial charge >= 0.3 is 0 Å². The molecule has 0 saturated carbocycles. The van der Waals surface area contributed by atoms with Crippen molar-refractivity contribution in [1.29, 1.82) is 0 Å². The molecule has 0 aliphatic heterocycles. The fraction of sp³-hybridized carbons (Fsp3) is 0.500. The van der Waals surface area contributed by atoms with Gasteiger partial charge in [-0.05, 0) is 12.0 Å². The molecule has 4 nitrogen and oxygen atoms in total. The van der Waals surface area contributed by atoms with Crippen molar-refractivity contribution in [1.82, 2.24) is 0 Å². The molecular formula is C8H11NO3. The van der Waals surface area contributed by atoms with Crippen LogP contribution in [0.1, 0.15) is 12.8 Å². The third kappa shape index (κ3) is 2.17. The van der Waals surface area contributed by atoms with E-state index in [0.717, 1.165) is 12.0 Å². The van der Waals surface area contributed by atoms with Crippen LogP contribution in [0, 0.1) is 10.1 Å². The van der Waals surface area contributed by atoms with Crippen LogP contribution in [0.2, 0.25) is 0 Å². The summed E-state index contributed by atoms with van der Waals surface area (Å²) in [6.45, 7) is 0.571. The Morgan fingerprint density at radius 2 is 2.33 bits per heavy atom. The van der Waals surface area contributed by atoms with Crippen LogP contribution in [0.25, 0.3) is 0 Å². The molecule has 0 atom stereocenters. The lowest BCUT2D eigenvalue weighted by Gasteiger charge is -2.08. The average Bonchev–Trinajstić information content (AvgIpc) is 2.06. The standard InChI is InChI=1S/C8H11NO3/c1-12-6-7-2-4-8(5-3-7)9(10)11/h2,4H,3,5-6H2,1H3. The molecule has 1 aliphatic rings. The quantitative estimate of drug-likeness (QED) is 0.475. The number of hydrogen-bond acceptors (Lipinski definition) is 3. The Hall–Kier alpha value is -1.16. The normalized spacial score (nSPS) is 16.8. The predicted molar refractivity (Wildman–Crippen MR) is 44.3 cm³/mol. The lowest BCUT2D eigenvalue weighted by Crippen LogP contribution is -2.05. The number of allylic oxidation sites excluding steroid dienone is 3. The molecule has 12 heavy (non-hydrogen) atoms. The molecule has 0 bridgehead atoms. The van der Waals surface area contributed by atoms with Gasteiger partial charge in [0, 0.05) is 19.6 Å². The third-order valence-electron chi connectivity index (χ3n) is 1.78. The minimum absolute atomic E-state index is 0.287. The molecule has 0 spiro atoms. The van der Waals surface area contributed by atoms with Gasteiger partial charge in [-0.3, -0.25) is 10.1 Å². The molecule has 0 fully saturated rings. The van der Waals surface area contributed by atoms with E-state index in [0.29, 0.717) is 13.0 Å². The molecular weight excluding hydrogens is 158 g/mol. The van der Waals surface area contributed by atoms with Gasteiger partial charge < -0.3 is 4.74 Å². The summed E-state index contributed by atoms with van der Waals surface area (Å²) in [6.07, 6.45) is 4.58. The van der Waals surface area contributed by atoms with E-state index in [1.54, 1.807) is 19.3 Å². The molecule has 0 amide bonds. The van der Waals surface area contributed by atoms with E-state index in [-0.39, 0.29) is 10.6 Å². The Balaban J connectivity index is 2.60. The predicted octanol–water partition coefficient (Wildman–Crippen LogP) is 1.51. The first kappa shape index (κ1) is 8.93. The Morgan fingerprint density at radius 1 is 1.58 bits per heavy atom. The highest BCUT2D eigenvalue weighted by Gasteiger charge is 2.14. The van der Waals surface area contributed by atoms with Gasteiger partial charge in [0.25, 0.3) is 0 Å². The molecule has 0 aromatic rings. The topological polar surface area (TPSA) is 52.4 Å². The molecule has 4 heteroatoms. The molecule has 1 rings (SSSR count). The first-order valence-corrected chi connectivity index (χ1v) is 3.76. The third-order valence-corrected chi connectivity index (χ3v) is 1.78. The summed E-state index contributed by atoms with van der Waals surface area (Å²) in [6, 6.07) is 0. The van der Waals surface area contributed by atoms with E-state index in [1.807, 2.05) is 0 Å². The molecule has 66 valence electrons. The summed E-state index contributed by atoms with van der Waals surface area (Å²) in [7, 11) is 1.62. The van der Waals surface area contributed by atoms with Crippen LogP contribution in [0.3, 0.4) is 0 Å². The molecule has 0 N–H and O–H groups in total. The van der Waals surface area contributed by atoms with Gasteiger partial charge in [-0.2, -0.15) is 0 Å². The smallest absolute Gasteiger partial charge is 0.246 e. The summed E-state index contributed by atoms with van der Waals surface area (Å²) >= 11 is 0. The van der Waals surface area contributed by atoms with Gasteiger partial charge in [0.2, 0.25) is 5.70 Å². The van der Waals surface area contributed by atoms with Crippen molar-refractivity contribution in [2.24, 2.45) is 0 Å². The molecule has 0 aromatic carbocycles. The second kappa shape index (κ2) is 4.01. The lowest BCUT2D eigenvalue weighted by atomic mass is 10.0. The zero-order chi connectivity index (χ0) is 8.97. The summed E-state index contributed by atoms with van der Waals surface area (Å²) in [5, 5.41) is 10.3. The van der Waals surface area contributed by atoms with Crippen molar-refractivity contribution < 1.29 is 9.66 Å². The van der Waals surface area contributed by atoms with E-state index in [1.165, 1.54) is 0 Å². The number of ether oxygens (including phenoxy) is 1. The Morgan fingerprint density at radius 3 is 2.75 bits per heavy atom. The second-order valence-electron chi connectivity index (χ2n) is 2.67. The van der Waals surface area contributed by atoms with Crippen LogP contribution in [-0.2, 0) is 4.74 Å². The summed E-state index contributed by atoms with van der Waals surface area (Å²) < 4.78 is 4.91. The van der Waals surface area contributed by atoms with Crippen LogP contribution in [0.5, 0.6) is 0 Å². The molecule has 0 heterocycles. The number of nitrogens with zero attached hydrogens (tertiary/aromatic N) is 1. The SMILES string of the molecule is COCC1=CC=C([N+](=O)[O-])CC1. The summed E-state index contributed by atoms with van der Waals surface area (Å²) in [4.78, 5) is 9.96. The first-order chi connectivity index (χ1) is 5.74. The number of hydrogen-bond donors (Lipinski definition) is 0. The maximum Gasteiger partial charge on any atom is 0.246 e. The maximum absolute atomic E-state index is 10.3. The summed E-state index contributed by atoms with van der Waals surface area (Å²) in [5.74, 6) is 0. The second-order valence-corrected chi connectivity index (χ2v) is 2.67. The highest BCUT2D eigenvalue weighted by Crippen LogP contribution is 2.18. The van der Waals surface area contributed by atoms with Crippen LogP contribution in [0.4, 0.5) is 0 Å². The highest BCUT2D eigenvalue weighted by molar-refractivity contribution is 5.20. The Bertz CT molecular complexity index is 243. The van der Waals surface area contributed by atoms with Gasteiger partial charge in [-0.1, -0.05) is 6.08 Å². The Kier molecular flexibility index (Phi) is 2.99. The number of methoxy groups -OCH3 is 1. The number of nitro groups is 1. The van der Waals surface area contributed by atoms with Crippen molar-refractivity contribution in [3.05, 3.63) is 33.5 Å². The van der Waals surface area contributed by atoms with Crippen molar-refractivity contribution in [3.8, 4) is 0 Å². The van der Waals surface area contributed by atoms with Crippen LogP contribution in [-0.4, -0.2) is 18.6 Å². The molecule has 0 unspecified atom stereocenters. The minimum atomic E-state index is -0.333. The van der Waals surface area contributed by atoms with Crippen LogP contribution >= 0.6 is 0 Å². The van der Waals surface area contributed by atoms with Gasteiger partial charge in [0.1, 0.15) is 0 Å². The molecule has 0 saturated heterocycles. The molecule has 0 aromatic heterocycles. The van der Waals surface area contributed by atoms with E-state index >= 15 is 0 Å². The van der Waals surface area contributed by atoms with Gasteiger partial charge in [-0.15, -0.1) is 0 Å². The van der Waals surface area contributed by atoms with Crippen molar-refractivity contribution >= 4 is 0 Å². The van der Waals surface area contributed by atoms with E-state index in [2.05, 4.69) is 0 Å². The fourth-order valence-electron chi connectivity index (χ4n) is 1.13. The van der Waals surface area contributed by atoms with Gasteiger partial charge in [-0.25, -0.2) is 0 Å². The first-order valence-electron chi connectivity index (χ1n) is 3.76. The van der Waals surface area contributed by atoms with Crippen LogP contribution in [0.15, 0.2) is 23.4 Å². The van der Waals surface area contributed by atoms with E-state index < -0.39 is 0 Å². The van der Waals surface area contributed by atoms with Crippen molar-refractivity contribution in [2.45, 2.75) is 12.8 Å². The van der Waals surface area contributed by atoms with Crippen molar-refractivity contribution in [3.63, 3.8) is 0 Å². The van der Waals surface area contributed by atoms with Gasteiger partial charge in [0.15, 0.2) is 0 Å². The lowest BCUT2D eigenvalue weighted by molar-refractivity contribution is -0.428. The number of rotatable bonds is 3. The monoisotopic (exact) mass is 169 g/mol. The Labute approximate surface area is 70.7 Å². The summed E-state index contributed by atoms with van der Waals surface area (Å²) in [5.41, 5.74) is 1.40. The fourth-order valence-corrected chi connectivity index (χ4v) is 1.13. The minimum Gasteiger partial charge on any atom is -0.380 e. The molecule has 0 radical (unpaired) electrons. The zero-order valence-corrected chi connectivity index (χ0v) is 6.95. The van der Waals surface area contributed by atoms with E-state index in [9.17, 15) is 10.1 Å². The zero-order valence-electron chi connectivity index (χ0n) is 6.95. The van der Waals surface area contributed by atoms with E-state index in [4.69, 9.17) is 4.74 Å². The van der Waals surface area contributed by atoms with Crippen LogP contribution < -0.4 is 0 Å². The largest absolute Gasteiger partial charge is 0.380 e. The maximum atomic E-state index is 10.3. The van der Waals surface area contributed by atoms with Gasteiger partial charge in [0.05, 0.1) is 11.5 Å². The highest BCUT2D eigenvalue weighted by atomic mass is 16.6. The average molecular weight is 169 g/mol. The van der Waals surface area contributed by atoms with Crippen molar-refractivity contribution in [2.75, 3.05) is 13.7 Å².